The Balaban J connectivity index is 2.44. The van der Waals surface area contributed by atoms with Gasteiger partial charge in [-0.25, -0.2) is 4.98 Å². The van der Waals surface area contributed by atoms with Crippen LogP contribution in [0.3, 0.4) is 0 Å². The number of halogens is 2. The lowest BCUT2D eigenvalue weighted by Crippen LogP contribution is -2.03. The minimum absolute atomic E-state index is 0.121. The van der Waals surface area contributed by atoms with E-state index in [1.54, 1.807) is 24.3 Å². The molecule has 0 bridgehead atoms. The minimum atomic E-state index is -0.121. The molecule has 0 unspecified atom stereocenters. The van der Waals surface area contributed by atoms with E-state index in [-0.39, 0.29) is 10.9 Å². The number of aryl methyl sites for hydroxylation is 1. The van der Waals surface area contributed by atoms with Crippen LogP contribution in [0, 0.1) is 6.92 Å². The fourth-order valence-corrected chi connectivity index (χ4v) is 2.16. The molecule has 0 atom stereocenters. The molecule has 0 saturated carbocycles. The van der Waals surface area contributed by atoms with Crippen molar-refractivity contribution in [3.05, 3.63) is 62.8 Å². The van der Waals surface area contributed by atoms with Gasteiger partial charge in [-0.3, -0.25) is 4.79 Å². The highest BCUT2D eigenvalue weighted by Gasteiger charge is 2.13. The molecular formula is C13H9BrClNO. The summed E-state index contributed by atoms with van der Waals surface area (Å²) >= 11 is 9.30. The number of benzene rings is 1. The maximum atomic E-state index is 12.2. The SMILES string of the molecule is Cc1ccc(C(=O)c2cccc(Br)c2)c(Cl)n1. The molecule has 17 heavy (non-hydrogen) atoms. The summed E-state index contributed by atoms with van der Waals surface area (Å²) in [6.45, 7) is 1.83. The maximum absolute atomic E-state index is 12.2. The van der Waals surface area contributed by atoms with E-state index in [0.717, 1.165) is 10.2 Å². The number of pyridine rings is 1. The highest BCUT2D eigenvalue weighted by atomic mass is 79.9. The van der Waals surface area contributed by atoms with Crippen LogP contribution in [-0.4, -0.2) is 10.8 Å². The molecule has 2 nitrogen and oxygen atoms in total. The van der Waals surface area contributed by atoms with Gasteiger partial charge in [0.2, 0.25) is 0 Å². The Kier molecular flexibility index (Phi) is 3.60. The number of hydrogen-bond acceptors (Lipinski definition) is 2. The normalized spacial score (nSPS) is 10.3. The van der Waals surface area contributed by atoms with E-state index >= 15 is 0 Å². The van der Waals surface area contributed by atoms with Gasteiger partial charge in [0.1, 0.15) is 5.15 Å². The van der Waals surface area contributed by atoms with Crippen molar-refractivity contribution in [2.45, 2.75) is 6.92 Å². The summed E-state index contributed by atoms with van der Waals surface area (Å²) in [6.07, 6.45) is 0. The van der Waals surface area contributed by atoms with E-state index in [0.29, 0.717) is 11.1 Å². The average Bonchev–Trinajstić information content (AvgIpc) is 2.28. The molecule has 0 N–H and O–H groups in total. The van der Waals surface area contributed by atoms with E-state index in [1.165, 1.54) is 0 Å². The Hall–Kier alpha value is -1.19. The zero-order valence-corrected chi connectivity index (χ0v) is 11.4. The van der Waals surface area contributed by atoms with Crippen LogP contribution in [-0.2, 0) is 0 Å². The molecule has 4 heteroatoms. The standard InChI is InChI=1S/C13H9BrClNO/c1-8-5-6-11(13(15)16-8)12(17)9-3-2-4-10(14)7-9/h2-7H,1H3. The summed E-state index contributed by atoms with van der Waals surface area (Å²) in [5, 5.41) is 0.245. The first kappa shape index (κ1) is 12.3. The van der Waals surface area contributed by atoms with Crippen LogP contribution in [0.5, 0.6) is 0 Å². The first-order valence-electron chi connectivity index (χ1n) is 5.01. The molecule has 0 radical (unpaired) electrons. The van der Waals surface area contributed by atoms with Gasteiger partial charge in [0.05, 0.1) is 5.56 Å². The number of rotatable bonds is 2. The molecule has 0 aliphatic carbocycles. The predicted octanol–water partition coefficient (Wildman–Crippen LogP) is 4.04. The van der Waals surface area contributed by atoms with Crippen molar-refractivity contribution in [3.63, 3.8) is 0 Å². The summed E-state index contributed by atoms with van der Waals surface area (Å²) in [4.78, 5) is 16.3. The van der Waals surface area contributed by atoms with Gasteiger partial charge in [-0.1, -0.05) is 39.7 Å². The molecule has 1 heterocycles. The van der Waals surface area contributed by atoms with Crippen LogP contribution < -0.4 is 0 Å². The molecule has 0 aliphatic rings. The van der Waals surface area contributed by atoms with Gasteiger partial charge in [0.15, 0.2) is 5.78 Å². The van der Waals surface area contributed by atoms with Gasteiger partial charge in [0, 0.05) is 15.7 Å². The molecule has 2 aromatic rings. The Morgan fingerprint density at radius 2 is 2.06 bits per heavy atom. The van der Waals surface area contributed by atoms with Crippen LogP contribution >= 0.6 is 27.5 Å². The molecule has 86 valence electrons. The largest absolute Gasteiger partial charge is 0.288 e. The zero-order valence-electron chi connectivity index (χ0n) is 9.08. The second-order valence-electron chi connectivity index (χ2n) is 3.63. The summed E-state index contributed by atoms with van der Waals surface area (Å²) in [7, 11) is 0. The van der Waals surface area contributed by atoms with Crippen LogP contribution in [0.4, 0.5) is 0 Å². The fourth-order valence-electron chi connectivity index (χ4n) is 1.48. The zero-order chi connectivity index (χ0) is 12.4. The number of nitrogens with zero attached hydrogens (tertiary/aromatic N) is 1. The first-order valence-corrected chi connectivity index (χ1v) is 6.18. The summed E-state index contributed by atoms with van der Waals surface area (Å²) in [6, 6.07) is 10.7. The van der Waals surface area contributed by atoms with Crippen molar-refractivity contribution in [3.8, 4) is 0 Å². The second-order valence-corrected chi connectivity index (χ2v) is 4.90. The molecule has 0 saturated heterocycles. The molecule has 1 aromatic heterocycles. The van der Waals surface area contributed by atoms with Crippen LogP contribution in [0.25, 0.3) is 0 Å². The Morgan fingerprint density at radius 3 is 2.71 bits per heavy atom. The van der Waals surface area contributed by atoms with Crippen molar-refractivity contribution in [2.24, 2.45) is 0 Å². The highest BCUT2D eigenvalue weighted by molar-refractivity contribution is 9.10. The molecule has 0 aliphatic heterocycles. The Bertz CT molecular complexity index is 583. The summed E-state index contributed by atoms with van der Waals surface area (Å²) in [5.74, 6) is -0.121. The average molecular weight is 311 g/mol. The fraction of sp³-hybridized carbons (Fsp3) is 0.0769. The summed E-state index contributed by atoms with van der Waals surface area (Å²) < 4.78 is 0.861. The third-order valence-electron chi connectivity index (χ3n) is 2.32. The highest BCUT2D eigenvalue weighted by Crippen LogP contribution is 2.20. The predicted molar refractivity (Wildman–Crippen MR) is 71.6 cm³/mol. The lowest BCUT2D eigenvalue weighted by molar-refractivity contribution is 0.103. The van der Waals surface area contributed by atoms with Crippen molar-refractivity contribution < 1.29 is 4.79 Å². The number of hydrogen-bond donors (Lipinski definition) is 0. The van der Waals surface area contributed by atoms with Gasteiger partial charge in [-0.05, 0) is 31.2 Å². The lowest BCUT2D eigenvalue weighted by atomic mass is 10.1. The van der Waals surface area contributed by atoms with Crippen molar-refractivity contribution in [2.75, 3.05) is 0 Å². The van der Waals surface area contributed by atoms with Crippen molar-refractivity contribution >= 4 is 33.3 Å². The minimum Gasteiger partial charge on any atom is -0.288 e. The number of carbonyl (C=O) groups excluding carboxylic acids is 1. The van der Waals surface area contributed by atoms with E-state index in [9.17, 15) is 4.79 Å². The maximum Gasteiger partial charge on any atom is 0.196 e. The summed E-state index contributed by atoms with van der Waals surface area (Å²) in [5.41, 5.74) is 1.81. The molecule has 0 fully saturated rings. The Labute approximate surface area is 113 Å². The van der Waals surface area contributed by atoms with Gasteiger partial charge >= 0.3 is 0 Å². The lowest BCUT2D eigenvalue weighted by Gasteiger charge is -2.04. The molecule has 2 rings (SSSR count). The van der Waals surface area contributed by atoms with Crippen molar-refractivity contribution in [1.29, 1.82) is 0 Å². The first-order chi connectivity index (χ1) is 8.08. The van der Waals surface area contributed by atoms with E-state index in [2.05, 4.69) is 20.9 Å². The quantitative estimate of drug-likeness (QED) is 0.619. The number of aromatic nitrogens is 1. The van der Waals surface area contributed by atoms with Gasteiger partial charge < -0.3 is 0 Å². The van der Waals surface area contributed by atoms with Crippen molar-refractivity contribution in [1.82, 2.24) is 4.98 Å². The molecular weight excluding hydrogens is 302 g/mol. The van der Waals surface area contributed by atoms with Crippen LogP contribution in [0.2, 0.25) is 5.15 Å². The number of ketones is 1. The topological polar surface area (TPSA) is 30.0 Å². The monoisotopic (exact) mass is 309 g/mol. The van der Waals surface area contributed by atoms with Gasteiger partial charge in [-0.15, -0.1) is 0 Å². The van der Waals surface area contributed by atoms with Gasteiger partial charge in [-0.2, -0.15) is 0 Å². The third kappa shape index (κ3) is 2.73. The number of carbonyl (C=O) groups is 1. The van der Waals surface area contributed by atoms with Crippen LogP contribution in [0.1, 0.15) is 21.6 Å². The van der Waals surface area contributed by atoms with E-state index in [4.69, 9.17) is 11.6 Å². The Morgan fingerprint density at radius 1 is 1.29 bits per heavy atom. The van der Waals surface area contributed by atoms with Crippen LogP contribution in [0.15, 0.2) is 40.9 Å². The molecule has 1 aromatic carbocycles. The van der Waals surface area contributed by atoms with E-state index < -0.39 is 0 Å². The molecule has 0 amide bonds. The van der Waals surface area contributed by atoms with E-state index in [1.807, 2.05) is 19.1 Å². The third-order valence-corrected chi connectivity index (χ3v) is 3.10. The second kappa shape index (κ2) is 4.98. The molecule has 0 spiro atoms. The van der Waals surface area contributed by atoms with Gasteiger partial charge in [0.25, 0.3) is 0 Å². The smallest absolute Gasteiger partial charge is 0.196 e.